The minimum absolute atomic E-state index is 0.186. The van der Waals surface area contributed by atoms with Gasteiger partial charge in [-0.1, -0.05) is 0 Å². The predicted molar refractivity (Wildman–Crippen MR) is 134 cm³/mol. The molecule has 1 atom stereocenters. The van der Waals surface area contributed by atoms with Gasteiger partial charge in [0.25, 0.3) is 0 Å². The number of fused-ring (bicyclic) bond motifs is 1. The van der Waals surface area contributed by atoms with Gasteiger partial charge in [0.1, 0.15) is 0 Å². The smallest absolute Gasteiger partial charge is 0.340 e. The highest BCUT2D eigenvalue weighted by atomic mass is 127. The number of hydrogen-bond donors (Lipinski definition) is 0. The maximum Gasteiger partial charge on any atom is 0.340 e. The Hall–Kier alpha value is -1.19. The van der Waals surface area contributed by atoms with Gasteiger partial charge in [-0.05, 0) is 119 Å². The zero-order valence-corrected chi connectivity index (χ0v) is 22.7. The van der Waals surface area contributed by atoms with Gasteiger partial charge in [-0.25, -0.2) is 4.79 Å². The van der Waals surface area contributed by atoms with Gasteiger partial charge in [-0.3, -0.25) is 4.79 Å². The monoisotopic (exact) mass is 556 g/mol. The van der Waals surface area contributed by atoms with Crippen LogP contribution in [-0.2, 0) is 32.0 Å². The molecule has 0 bridgehead atoms. The van der Waals surface area contributed by atoms with Gasteiger partial charge in [0.05, 0.1) is 18.6 Å². The van der Waals surface area contributed by atoms with Crippen molar-refractivity contribution in [3.8, 4) is 0 Å². The lowest BCUT2D eigenvalue weighted by Crippen LogP contribution is -2.48. The molecule has 1 aromatic carbocycles. The second-order valence-corrected chi connectivity index (χ2v) is 11.1. The molecule has 2 heterocycles. The molecule has 1 fully saturated rings. The van der Waals surface area contributed by atoms with Crippen molar-refractivity contribution in [3.63, 3.8) is 0 Å². The van der Waals surface area contributed by atoms with Crippen LogP contribution in [0.1, 0.15) is 74.5 Å². The Balaban J connectivity index is 2.02. The van der Waals surface area contributed by atoms with Crippen LogP contribution in [0.2, 0.25) is 0 Å². The third-order valence-electron chi connectivity index (χ3n) is 6.58. The standard InChI is InChI=1S/C25H37IN2O4/c1-8-31-24(30)23(32-25(4,5)6)21-15(2)18-13-20(29)28(14-19(18)16(3)22(21)26)17-9-11-27(7)12-10-17/h17,23H,8-14H2,1-7H3/t23-/m0/s1. The van der Waals surface area contributed by atoms with Crippen LogP contribution in [0.3, 0.4) is 0 Å². The van der Waals surface area contributed by atoms with Crippen molar-refractivity contribution in [1.82, 2.24) is 9.80 Å². The summed E-state index contributed by atoms with van der Waals surface area (Å²) < 4.78 is 12.6. The van der Waals surface area contributed by atoms with Gasteiger partial charge in [0.15, 0.2) is 6.10 Å². The molecule has 6 nitrogen and oxygen atoms in total. The number of hydrogen-bond acceptors (Lipinski definition) is 5. The SMILES string of the molecule is CCOC(=O)[C@@H](OC(C)(C)C)c1c(C)c2c(c(C)c1I)CN(C1CCN(C)CC1)C(=O)C2. The Morgan fingerprint density at radius 2 is 1.78 bits per heavy atom. The van der Waals surface area contributed by atoms with Gasteiger partial charge in [0, 0.05) is 21.7 Å². The van der Waals surface area contributed by atoms with E-state index in [1.807, 2.05) is 27.7 Å². The number of carbonyl (C=O) groups is 2. The highest BCUT2D eigenvalue weighted by Gasteiger charge is 2.37. The van der Waals surface area contributed by atoms with E-state index in [9.17, 15) is 9.59 Å². The van der Waals surface area contributed by atoms with Crippen LogP contribution in [0.15, 0.2) is 0 Å². The molecule has 1 amide bonds. The minimum atomic E-state index is -0.812. The van der Waals surface area contributed by atoms with Crippen molar-refractivity contribution in [2.45, 2.75) is 85.1 Å². The van der Waals surface area contributed by atoms with Crippen LogP contribution >= 0.6 is 22.6 Å². The first-order valence-electron chi connectivity index (χ1n) is 11.6. The number of likely N-dealkylation sites (tertiary alicyclic amines) is 1. The van der Waals surface area contributed by atoms with E-state index in [0.29, 0.717) is 25.6 Å². The van der Waals surface area contributed by atoms with Crippen molar-refractivity contribution < 1.29 is 19.1 Å². The van der Waals surface area contributed by atoms with Gasteiger partial charge in [-0.15, -0.1) is 0 Å². The van der Waals surface area contributed by atoms with E-state index in [1.54, 1.807) is 6.92 Å². The van der Waals surface area contributed by atoms with Crippen LogP contribution in [0.5, 0.6) is 0 Å². The summed E-state index contributed by atoms with van der Waals surface area (Å²) in [5.74, 6) is -0.191. The summed E-state index contributed by atoms with van der Waals surface area (Å²) in [4.78, 5) is 30.6. The average Bonchev–Trinajstić information content (AvgIpc) is 2.71. The molecule has 7 heteroatoms. The Morgan fingerprint density at radius 3 is 2.34 bits per heavy atom. The predicted octanol–water partition coefficient (Wildman–Crippen LogP) is 4.31. The Bertz CT molecular complexity index is 885. The van der Waals surface area contributed by atoms with Crippen molar-refractivity contribution in [1.29, 1.82) is 0 Å². The van der Waals surface area contributed by atoms with Crippen LogP contribution in [0, 0.1) is 17.4 Å². The Morgan fingerprint density at radius 1 is 1.16 bits per heavy atom. The summed E-state index contributed by atoms with van der Waals surface area (Å²) in [7, 11) is 2.14. The number of esters is 1. The molecule has 1 saturated heterocycles. The van der Waals surface area contributed by atoms with Crippen molar-refractivity contribution in [3.05, 3.63) is 31.4 Å². The maximum atomic E-state index is 13.2. The number of benzene rings is 1. The first-order valence-corrected chi connectivity index (χ1v) is 12.6. The van der Waals surface area contributed by atoms with E-state index < -0.39 is 11.7 Å². The average molecular weight is 556 g/mol. The van der Waals surface area contributed by atoms with Crippen LogP contribution < -0.4 is 0 Å². The molecule has 0 aromatic heterocycles. The fourth-order valence-corrected chi connectivity index (χ4v) is 5.84. The molecule has 1 aromatic rings. The number of ether oxygens (including phenoxy) is 2. The first kappa shape index (κ1) is 25.4. The highest BCUT2D eigenvalue weighted by molar-refractivity contribution is 14.1. The minimum Gasteiger partial charge on any atom is -0.464 e. The summed E-state index contributed by atoms with van der Waals surface area (Å²) in [6.07, 6.45) is 1.61. The molecule has 3 rings (SSSR count). The lowest BCUT2D eigenvalue weighted by Gasteiger charge is -2.41. The summed E-state index contributed by atoms with van der Waals surface area (Å²) in [6, 6.07) is 0.306. The van der Waals surface area contributed by atoms with Crippen molar-refractivity contribution >= 4 is 34.5 Å². The largest absolute Gasteiger partial charge is 0.464 e. The topological polar surface area (TPSA) is 59.1 Å². The third-order valence-corrected chi connectivity index (χ3v) is 7.97. The number of carbonyl (C=O) groups excluding carboxylic acids is 2. The molecule has 0 spiro atoms. The molecule has 2 aliphatic heterocycles. The number of halogens is 1. The second-order valence-electron chi connectivity index (χ2n) is 10.0. The molecule has 32 heavy (non-hydrogen) atoms. The molecule has 0 radical (unpaired) electrons. The molecule has 0 N–H and O–H groups in total. The molecular weight excluding hydrogens is 519 g/mol. The van der Waals surface area contributed by atoms with E-state index in [4.69, 9.17) is 9.47 Å². The summed E-state index contributed by atoms with van der Waals surface area (Å²) in [6.45, 7) is 14.8. The normalized spacial score (nSPS) is 19.1. The van der Waals surface area contributed by atoms with E-state index in [0.717, 1.165) is 51.8 Å². The molecule has 0 saturated carbocycles. The zero-order valence-electron chi connectivity index (χ0n) is 20.5. The molecule has 2 aliphatic rings. The lowest BCUT2D eigenvalue weighted by molar-refractivity contribution is -0.167. The second kappa shape index (κ2) is 9.97. The lowest BCUT2D eigenvalue weighted by atomic mass is 9.85. The van der Waals surface area contributed by atoms with E-state index in [-0.39, 0.29) is 11.9 Å². The van der Waals surface area contributed by atoms with E-state index >= 15 is 0 Å². The fraction of sp³-hybridized carbons (Fsp3) is 0.680. The summed E-state index contributed by atoms with van der Waals surface area (Å²) in [5, 5.41) is 0. The van der Waals surface area contributed by atoms with Crippen LogP contribution in [-0.4, -0.2) is 60.1 Å². The summed E-state index contributed by atoms with van der Waals surface area (Å²) in [5.41, 5.74) is 4.73. The van der Waals surface area contributed by atoms with E-state index in [1.165, 1.54) is 5.56 Å². The van der Waals surface area contributed by atoms with Crippen LogP contribution in [0.4, 0.5) is 0 Å². The molecular formula is C25H37IN2O4. The maximum absolute atomic E-state index is 13.2. The highest BCUT2D eigenvalue weighted by Crippen LogP contribution is 2.39. The first-order chi connectivity index (χ1) is 14.9. The molecule has 0 aliphatic carbocycles. The number of nitrogens with zero attached hydrogens (tertiary/aromatic N) is 2. The van der Waals surface area contributed by atoms with E-state index in [2.05, 4.69) is 46.4 Å². The fourth-order valence-electron chi connectivity index (χ4n) is 4.83. The van der Waals surface area contributed by atoms with Crippen molar-refractivity contribution in [2.24, 2.45) is 0 Å². The Labute approximate surface area is 206 Å². The Kier molecular flexibility index (Phi) is 7.93. The molecule has 0 unspecified atom stereocenters. The van der Waals surface area contributed by atoms with Gasteiger partial charge < -0.3 is 19.3 Å². The number of rotatable bonds is 5. The van der Waals surface area contributed by atoms with Crippen molar-refractivity contribution in [2.75, 3.05) is 26.7 Å². The zero-order chi connectivity index (χ0) is 23.8. The summed E-state index contributed by atoms with van der Waals surface area (Å²) >= 11 is 2.34. The third kappa shape index (κ3) is 5.30. The quantitative estimate of drug-likeness (QED) is 0.400. The number of amides is 1. The van der Waals surface area contributed by atoms with Gasteiger partial charge >= 0.3 is 5.97 Å². The number of piperidine rings is 1. The van der Waals surface area contributed by atoms with Gasteiger partial charge in [-0.2, -0.15) is 0 Å². The van der Waals surface area contributed by atoms with Crippen LogP contribution in [0.25, 0.3) is 0 Å². The van der Waals surface area contributed by atoms with Gasteiger partial charge in [0.2, 0.25) is 5.91 Å². The molecule has 178 valence electrons.